The number of benzene rings is 3. The van der Waals surface area contributed by atoms with Gasteiger partial charge in [0.05, 0.1) is 21.2 Å². The molecule has 0 spiro atoms. The highest BCUT2D eigenvalue weighted by molar-refractivity contribution is 7.92. The maximum absolute atomic E-state index is 14.1. The molecule has 1 atom stereocenters. The summed E-state index contributed by atoms with van der Waals surface area (Å²) in [4.78, 5) is 28.2. The number of hydrogen-bond donors (Lipinski definition) is 1. The van der Waals surface area contributed by atoms with Crippen LogP contribution in [0.25, 0.3) is 0 Å². The SMILES string of the molecule is CCC(C(=O)NC(C)C)N(Cc1cccc(C)c1)C(=O)CN(c1cc(C(F)(F)F)ccc1Cl)S(=O)(=O)c1ccccc1. The normalized spacial score (nSPS) is 12.6. The number of sulfonamides is 1. The highest BCUT2D eigenvalue weighted by Crippen LogP contribution is 2.37. The van der Waals surface area contributed by atoms with Crippen molar-refractivity contribution in [3.8, 4) is 0 Å². The van der Waals surface area contributed by atoms with Gasteiger partial charge in [-0.3, -0.25) is 13.9 Å². The van der Waals surface area contributed by atoms with Gasteiger partial charge in [0.2, 0.25) is 11.8 Å². The highest BCUT2D eigenvalue weighted by atomic mass is 35.5. The van der Waals surface area contributed by atoms with E-state index in [1.807, 2.05) is 19.1 Å². The average Bonchev–Trinajstić information content (AvgIpc) is 2.91. The molecule has 3 aromatic carbocycles. The summed E-state index contributed by atoms with van der Waals surface area (Å²) in [6.07, 6.45) is -4.60. The number of carbonyl (C=O) groups excluding carboxylic acids is 2. The third-order valence-corrected chi connectivity index (χ3v) is 8.50. The van der Waals surface area contributed by atoms with Gasteiger partial charge in [0.25, 0.3) is 10.0 Å². The predicted molar refractivity (Wildman–Crippen MR) is 157 cm³/mol. The number of halogens is 4. The summed E-state index contributed by atoms with van der Waals surface area (Å²) in [6.45, 7) is 6.16. The Balaban J connectivity index is 2.16. The lowest BCUT2D eigenvalue weighted by molar-refractivity contribution is -0.140. The molecule has 0 bridgehead atoms. The quantitative estimate of drug-likeness (QED) is 0.276. The van der Waals surface area contributed by atoms with Crippen molar-refractivity contribution >= 4 is 39.1 Å². The molecule has 3 aromatic rings. The van der Waals surface area contributed by atoms with Gasteiger partial charge in [-0.25, -0.2) is 8.42 Å². The molecule has 0 aromatic heterocycles. The Morgan fingerprint density at radius 1 is 0.976 bits per heavy atom. The summed E-state index contributed by atoms with van der Waals surface area (Å²) in [5, 5.41) is 2.49. The number of alkyl halides is 3. The lowest BCUT2D eigenvalue weighted by Gasteiger charge is -2.34. The second-order valence-electron chi connectivity index (χ2n) is 10.1. The zero-order valence-corrected chi connectivity index (χ0v) is 25.2. The van der Waals surface area contributed by atoms with Crippen LogP contribution in [0.15, 0.2) is 77.7 Å². The Morgan fingerprint density at radius 3 is 2.21 bits per heavy atom. The van der Waals surface area contributed by atoms with Gasteiger partial charge < -0.3 is 10.2 Å². The van der Waals surface area contributed by atoms with E-state index in [-0.39, 0.29) is 28.9 Å². The van der Waals surface area contributed by atoms with Crippen LogP contribution in [-0.4, -0.2) is 43.8 Å². The number of anilines is 1. The molecule has 42 heavy (non-hydrogen) atoms. The van der Waals surface area contributed by atoms with Crippen molar-refractivity contribution in [2.75, 3.05) is 10.8 Å². The Hall–Kier alpha value is -3.57. The van der Waals surface area contributed by atoms with E-state index in [0.717, 1.165) is 17.7 Å². The molecule has 12 heteroatoms. The van der Waals surface area contributed by atoms with Crippen LogP contribution in [0.3, 0.4) is 0 Å². The van der Waals surface area contributed by atoms with Crippen molar-refractivity contribution in [3.63, 3.8) is 0 Å². The van der Waals surface area contributed by atoms with Gasteiger partial charge in [-0.05, 0) is 63.1 Å². The number of amides is 2. The molecule has 0 saturated heterocycles. The fourth-order valence-electron chi connectivity index (χ4n) is 4.42. The molecule has 0 radical (unpaired) electrons. The summed E-state index contributed by atoms with van der Waals surface area (Å²) < 4.78 is 69.3. The van der Waals surface area contributed by atoms with E-state index >= 15 is 0 Å². The van der Waals surface area contributed by atoms with Crippen LogP contribution in [0.2, 0.25) is 5.02 Å². The summed E-state index contributed by atoms with van der Waals surface area (Å²) in [5.41, 5.74) is -0.0572. The second kappa shape index (κ2) is 13.6. The first-order valence-electron chi connectivity index (χ1n) is 13.2. The van der Waals surface area contributed by atoms with Gasteiger partial charge in [0.15, 0.2) is 0 Å². The molecular formula is C30H33ClF3N3O4S. The zero-order valence-electron chi connectivity index (χ0n) is 23.7. The zero-order chi connectivity index (χ0) is 31.2. The molecule has 1 unspecified atom stereocenters. The number of hydrogen-bond acceptors (Lipinski definition) is 4. The molecule has 7 nitrogen and oxygen atoms in total. The maximum atomic E-state index is 14.1. The first kappa shape index (κ1) is 32.9. The molecule has 226 valence electrons. The lowest BCUT2D eigenvalue weighted by Crippen LogP contribution is -2.53. The molecule has 0 aliphatic carbocycles. The third kappa shape index (κ3) is 8.04. The molecule has 3 rings (SSSR count). The van der Waals surface area contributed by atoms with Crippen LogP contribution in [0, 0.1) is 6.92 Å². The number of rotatable bonds is 11. The van der Waals surface area contributed by atoms with Crippen LogP contribution in [0.4, 0.5) is 18.9 Å². The number of nitrogens with zero attached hydrogens (tertiary/aromatic N) is 2. The van der Waals surface area contributed by atoms with Gasteiger partial charge in [-0.1, -0.05) is 66.6 Å². The Morgan fingerprint density at radius 2 is 1.64 bits per heavy atom. The number of nitrogens with one attached hydrogen (secondary N) is 1. The lowest BCUT2D eigenvalue weighted by atomic mass is 10.1. The first-order valence-corrected chi connectivity index (χ1v) is 15.1. The Labute approximate surface area is 249 Å². The van der Waals surface area contributed by atoms with Gasteiger partial charge in [0.1, 0.15) is 12.6 Å². The number of aryl methyl sites for hydroxylation is 1. The van der Waals surface area contributed by atoms with E-state index in [1.165, 1.54) is 29.2 Å². The molecule has 2 amide bonds. The minimum atomic E-state index is -4.80. The van der Waals surface area contributed by atoms with Gasteiger partial charge >= 0.3 is 6.18 Å². The minimum Gasteiger partial charge on any atom is -0.352 e. The standard InChI is InChI=1S/C30H33ClF3N3O4S/c1-5-26(29(39)35-20(2)3)36(18-22-11-9-10-21(4)16-22)28(38)19-37(42(40,41)24-12-7-6-8-13-24)27-17-23(30(32,33)34)14-15-25(27)31/h6-17,20,26H,5,18-19H2,1-4H3,(H,35,39). The van der Waals surface area contributed by atoms with E-state index in [2.05, 4.69) is 5.32 Å². The largest absolute Gasteiger partial charge is 0.416 e. The van der Waals surface area contributed by atoms with Crippen molar-refractivity contribution in [2.24, 2.45) is 0 Å². The Bertz CT molecular complexity index is 1520. The molecule has 0 aliphatic rings. The van der Waals surface area contributed by atoms with Crippen molar-refractivity contribution in [3.05, 3.63) is 94.5 Å². The molecule has 1 N–H and O–H groups in total. The molecule has 0 saturated carbocycles. The highest BCUT2D eigenvalue weighted by Gasteiger charge is 2.37. The van der Waals surface area contributed by atoms with Crippen LogP contribution in [0.5, 0.6) is 0 Å². The van der Waals surface area contributed by atoms with E-state index in [1.54, 1.807) is 39.0 Å². The van der Waals surface area contributed by atoms with Crippen LogP contribution in [-0.2, 0) is 32.3 Å². The summed E-state index contributed by atoms with van der Waals surface area (Å²) >= 11 is 6.28. The van der Waals surface area contributed by atoms with E-state index in [9.17, 15) is 31.2 Å². The molecule has 0 heterocycles. The van der Waals surface area contributed by atoms with Gasteiger partial charge in [-0.15, -0.1) is 0 Å². The van der Waals surface area contributed by atoms with E-state index < -0.39 is 51.9 Å². The maximum Gasteiger partial charge on any atom is 0.416 e. The third-order valence-electron chi connectivity index (χ3n) is 6.40. The second-order valence-corrected chi connectivity index (χ2v) is 12.4. The van der Waals surface area contributed by atoms with Gasteiger partial charge in [0, 0.05) is 12.6 Å². The van der Waals surface area contributed by atoms with E-state index in [0.29, 0.717) is 15.9 Å². The first-order chi connectivity index (χ1) is 19.6. The van der Waals surface area contributed by atoms with Crippen LogP contribution < -0.4 is 9.62 Å². The summed E-state index contributed by atoms with van der Waals surface area (Å²) in [5.74, 6) is -1.24. The Kier molecular flexibility index (Phi) is 10.7. The molecule has 0 aliphatic heterocycles. The minimum absolute atomic E-state index is 0.0416. The fourth-order valence-corrected chi connectivity index (χ4v) is 6.14. The van der Waals surface area contributed by atoms with Gasteiger partial charge in [-0.2, -0.15) is 13.2 Å². The monoisotopic (exact) mass is 623 g/mol. The average molecular weight is 624 g/mol. The molecular weight excluding hydrogens is 591 g/mol. The van der Waals surface area contributed by atoms with Crippen molar-refractivity contribution in [1.29, 1.82) is 0 Å². The van der Waals surface area contributed by atoms with Crippen molar-refractivity contribution in [2.45, 2.75) is 63.8 Å². The van der Waals surface area contributed by atoms with Crippen LogP contribution >= 0.6 is 11.6 Å². The smallest absolute Gasteiger partial charge is 0.352 e. The van der Waals surface area contributed by atoms with Crippen LogP contribution in [0.1, 0.15) is 43.9 Å². The number of carbonyl (C=O) groups is 2. The fraction of sp³-hybridized carbons (Fsp3) is 0.333. The predicted octanol–water partition coefficient (Wildman–Crippen LogP) is 6.19. The van der Waals surface area contributed by atoms with Crippen molar-refractivity contribution < 1.29 is 31.2 Å². The summed E-state index contributed by atoms with van der Waals surface area (Å²) in [7, 11) is -4.59. The van der Waals surface area contributed by atoms with Crippen molar-refractivity contribution in [1.82, 2.24) is 10.2 Å². The van der Waals surface area contributed by atoms with E-state index in [4.69, 9.17) is 11.6 Å². The summed E-state index contributed by atoms with van der Waals surface area (Å²) in [6, 6.07) is 15.3. The topological polar surface area (TPSA) is 86.8 Å². The molecule has 0 fully saturated rings.